The van der Waals surface area contributed by atoms with Crippen LogP contribution in [0.4, 0.5) is 5.82 Å². The average molecular weight is 446 g/mol. The topological polar surface area (TPSA) is 130 Å². The van der Waals surface area contributed by atoms with Gasteiger partial charge in [0.2, 0.25) is 0 Å². The van der Waals surface area contributed by atoms with E-state index in [-0.39, 0.29) is 12.4 Å². The zero-order valence-corrected chi connectivity index (χ0v) is 17.6. The van der Waals surface area contributed by atoms with E-state index in [1.165, 1.54) is 11.3 Å². The van der Waals surface area contributed by atoms with Crippen LogP contribution in [0.5, 0.6) is 11.5 Å². The smallest absolute Gasteiger partial charge is 0.290 e. The third-order valence-corrected chi connectivity index (χ3v) is 6.24. The Balaban J connectivity index is 0.000000730. The number of hydrogen-bond acceptors (Lipinski definition) is 8. The fourth-order valence-electron chi connectivity index (χ4n) is 3.80. The lowest BCUT2D eigenvalue weighted by atomic mass is 9.96. The van der Waals surface area contributed by atoms with Crippen molar-refractivity contribution in [3.63, 3.8) is 0 Å². The predicted octanol–water partition coefficient (Wildman–Crippen LogP) is 2.14. The van der Waals surface area contributed by atoms with Crippen LogP contribution in [0, 0.1) is 5.92 Å². The Morgan fingerprint density at radius 3 is 2.90 bits per heavy atom. The van der Waals surface area contributed by atoms with Gasteiger partial charge in [-0.25, -0.2) is 9.97 Å². The molecular formula is C20H23N5O5S. The lowest BCUT2D eigenvalue weighted by molar-refractivity contribution is -0.122. The maximum atomic E-state index is 12.6. The first-order valence-corrected chi connectivity index (χ1v) is 10.9. The van der Waals surface area contributed by atoms with Gasteiger partial charge in [0, 0.05) is 31.2 Å². The van der Waals surface area contributed by atoms with Crippen LogP contribution in [0.15, 0.2) is 24.0 Å². The first-order chi connectivity index (χ1) is 15.2. The van der Waals surface area contributed by atoms with Crippen LogP contribution in [0.1, 0.15) is 22.5 Å². The third kappa shape index (κ3) is 4.55. The van der Waals surface area contributed by atoms with Crippen molar-refractivity contribution in [2.24, 2.45) is 5.92 Å². The standard InChI is InChI=1S/C19H21N5O3S.CH2O2/c25-19(16-15-14(10-28-16)26-7-8-27-15)21-9-12-2-5-24(6-3-12)18-13-1-4-20-17(13)22-11-23-18;2-1-3/h1,4,10-12H,2-3,5-9H2,(H,21,25)(H,20,22,23);1H,(H,2,3). The molecule has 0 unspecified atom stereocenters. The van der Waals surface area contributed by atoms with E-state index in [0.29, 0.717) is 42.1 Å². The van der Waals surface area contributed by atoms with Gasteiger partial charge < -0.3 is 29.8 Å². The molecule has 1 saturated heterocycles. The number of aromatic amines is 1. The number of H-pyrrole nitrogens is 1. The zero-order chi connectivity index (χ0) is 21.6. The van der Waals surface area contributed by atoms with Crippen molar-refractivity contribution in [3.8, 4) is 11.5 Å². The number of thiophene rings is 1. The van der Waals surface area contributed by atoms with Gasteiger partial charge in [0.15, 0.2) is 11.5 Å². The van der Waals surface area contributed by atoms with Gasteiger partial charge in [-0.1, -0.05) is 0 Å². The molecular weight excluding hydrogens is 422 g/mol. The Hall–Kier alpha value is -3.34. The summed E-state index contributed by atoms with van der Waals surface area (Å²) in [4.78, 5) is 35.7. The van der Waals surface area contributed by atoms with E-state index in [1.807, 2.05) is 17.6 Å². The van der Waals surface area contributed by atoms with Crippen molar-refractivity contribution in [2.45, 2.75) is 12.8 Å². The Morgan fingerprint density at radius 2 is 2.10 bits per heavy atom. The van der Waals surface area contributed by atoms with Gasteiger partial charge in [-0.3, -0.25) is 9.59 Å². The molecule has 5 heterocycles. The lowest BCUT2D eigenvalue weighted by Gasteiger charge is -2.33. The number of piperidine rings is 1. The fraction of sp³-hybridized carbons (Fsp3) is 0.400. The summed E-state index contributed by atoms with van der Waals surface area (Å²) in [5.74, 6) is 2.62. The van der Waals surface area contributed by atoms with E-state index in [4.69, 9.17) is 19.4 Å². The summed E-state index contributed by atoms with van der Waals surface area (Å²) in [5, 5.41) is 12.9. The highest BCUT2D eigenvalue weighted by Crippen LogP contribution is 2.39. The summed E-state index contributed by atoms with van der Waals surface area (Å²) in [6.07, 6.45) is 5.52. The van der Waals surface area contributed by atoms with Gasteiger partial charge >= 0.3 is 0 Å². The van der Waals surface area contributed by atoms with Gasteiger partial charge in [-0.05, 0) is 24.8 Å². The largest absolute Gasteiger partial charge is 0.485 e. The molecule has 31 heavy (non-hydrogen) atoms. The summed E-state index contributed by atoms with van der Waals surface area (Å²) in [5.41, 5.74) is 0.866. The molecule has 5 rings (SSSR count). The minimum absolute atomic E-state index is 0.0796. The number of carbonyl (C=O) groups is 2. The molecule has 0 aromatic carbocycles. The van der Waals surface area contributed by atoms with Crippen molar-refractivity contribution in [1.82, 2.24) is 20.3 Å². The molecule has 3 N–H and O–H groups in total. The minimum atomic E-state index is -0.250. The van der Waals surface area contributed by atoms with Crippen LogP contribution in [0.25, 0.3) is 11.0 Å². The van der Waals surface area contributed by atoms with Crippen molar-refractivity contribution in [1.29, 1.82) is 0 Å². The van der Waals surface area contributed by atoms with Gasteiger partial charge in [-0.2, -0.15) is 0 Å². The second-order valence-electron chi connectivity index (χ2n) is 7.14. The van der Waals surface area contributed by atoms with Crippen LogP contribution < -0.4 is 19.7 Å². The third-order valence-electron chi connectivity index (χ3n) is 5.31. The van der Waals surface area contributed by atoms with E-state index in [2.05, 4.69) is 25.2 Å². The number of nitrogens with zero attached hydrogens (tertiary/aromatic N) is 3. The minimum Gasteiger partial charge on any atom is -0.485 e. The van der Waals surface area contributed by atoms with Crippen LogP contribution in [-0.2, 0) is 4.79 Å². The molecule has 2 aliphatic rings. The summed E-state index contributed by atoms with van der Waals surface area (Å²) in [6, 6.07) is 2.02. The first kappa shape index (κ1) is 20.9. The summed E-state index contributed by atoms with van der Waals surface area (Å²) < 4.78 is 11.1. The Bertz CT molecular complexity index is 1040. The summed E-state index contributed by atoms with van der Waals surface area (Å²) in [6.45, 7) is 3.28. The van der Waals surface area contributed by atoms with Crippen molar-refractivity contribution < 1.29 is 24.2 Å². The first-order valence-electron chi connectivity index (χ1n) is 9.97. The molecule has 0 bridgehead atoms. The van der Waals surface area contributed by atoms with Crippen molar-refractivity contribution >= 4 is 40.6 Å². The zero-order valence-electron chi connectivity index (χ0n) is 16.7. The lowest BCUT2D eigenvalue weighted by Crippen LogP contribution is -2.39. The Kier molecular flexibility index (Phi) is 6.51. The molecule has 1 fully saturated rings. The number of carboxylic acid groups (broad SMARTS) is 1. The van der Waals surface area contributed by atoms with E-state index in [9.17, 15) is 4.79 Å². The number of fused-ring (bicyclic) bond motifs is 2. The van der Waals surface area contributed by atoms with E-state index in [0.717, 1.165) is 42.8 Å². The number of anilines is 1. The number of carbonyl (C=O) groups excluding carboxylic acids is 1. The molecule has 0 radical (unpaired) electrons. The summed E-state index contributed by atoms with van der Waals surface area (Å²) in [7, 11) is 0. The summed E-state index contributed by atoms with van der Waals surface area (Å²) >= 11 is 1.37. The van der Waals surface area contributed by atoms with E-state index < -0.39 is 0 Å². The average Bonchev–Trinajstić information content (AvgIpc) is 3.45. The van der Waals surface area contributed by atoms with Crippen molar-refractivity contribution in [3.05, 3.63) is 28.8 Å². The number of nitrogens with one attached hydrogen (secondary N) is 2. The molecule has 0 saturated carbocycles. The molecule has 0 spiro atoms. The second-order valence-corrected chi connectivity index (χ2v) is 8.02. The fourth-order valence-corrected chi connectivity index (χ4v) is 4.64. The van der Waals surface area contributed by atoms with Crippen LogP contribution in [-0.4, -0.2) is 65.3 Å². The maximum Gasteiger partial charge on any atom is 0.290 e. The van der Waals surface area contributed by atoms with Crippen LogP contribution in [0.2, 0.25) is 0 Å². The van der Waals surface area contributed by atoms with Gasteiger partial charge in [-0.15, -0.1) is 11.3 Å². The SMILES string of the molecule is O=C(NCC1CCN(c2ncnc3[nH]ccc23)CC1)c1scc2c1OCCO2.O=CO. The molecule has 10 nitrogen and oxygen atoms in total. The molecule has 164 valence electrons. The van der Waals surface area contributed by atoms with Gasteiger partial charge in [0.05, 0.1) is 5.39 Å². The molecule has 3 aromatic rings. The number of rotatable bonds is 4. The number of ether oxygens (including phenoxy) is 2. The van der Waals surface area contributed by atoms with E-state index in [1.54, 1.807) is 6.33 Å². The van der Waals surface area contributed by atoms with Gasteiger partial charge in [0.1, 0.15) is 35.9 Å². The maximum absolute atomic E-state index is 12.6. The molecule has 0 atom stereocenters. The quantitative estimate of drug-likeness (QED) is 0.521. The van der Waals surface area contributed by atoms with Crippen molar-refractivity contribution in [2.75, 3.05) is 37.7 Å². The van der Waals surface area contributed by atoms with E-state index >= 15 is 0 Å². The molecule has 1 amide bonds. The second kappa shape index (κ2) is 9.65. The highest BCUT2D eigenvalue weighted by molar-refractivity contribution is 7.12. The predicted molar refractivity (Wildman–Crippen MR) is 115 cm³/mol. The normalized spacial score (nSPS) is 15.8. The highest BCUT2D eigenvalue weighted by Gasteiger charge is 2.26. The monoisotopic (exact) mass is 445 g/mol. The number of amides is 1. The molecule has 11 heteroatoms. The van der Waals surface area contributed by atoms with Crippen LogP contribution >= 0.6 is 11.3 Å². The number of hydrogen-bond donors (Lipinski definition) is 3. The molecule has 3 aromatic heterocycles. The highest BCUT2D eigenvalue weighted by atomic mass is 32.1. The molecule has 0 aliphatic carbocycles. The van der Waals surface area contributed by atoms with Gasteiger partial charge in [0.25, 0.3) is 12.4 Å². The number of aromatic nitrogens is 3. The van der Waals surface area contributed by atoms with Crippen LogP contribution in [0.3, 0.4) is 0 Å². The Labute approximate surface area is 182 Å². The molecule has 2 aliphatic heterocycles. The Morgan fingerprint density at radius 1 is 1.32 bits per heavy atom.